The van der Waals surface area contributed by atoms with E-state index in [1.165, 1.54) is 30.6 Å². The highest BCUT2D eigenvalue weighted by molar-refractivity contribution is 6.30. The number of carbonyl (C=O) groups is 2. The van der Waals surface area contributed by atoms with Crippen LogP contribution in [0.25, 0.3) is 0 Å². The SMILES string of the molecule is O=C1C[C@@H](N2C[C@H]3CCCC[C@@H]3C2)C(=O)N1c1ccc(Cl)cc1. The lowest BCUT2D eigenvalue weighted by atomic mass is 9.82. The summed E-state index contributed by atoms with van der Waals surface area (Å²) in [6, 6.07) is 6.64. The summed E-state index contributed by atoms with van der Waals surface area (Å²) in [5, 5.41) is 0.605. The maximum absolute atomic E-state index is 12.8. The first-order valence-electron chi connectivity index (χ1n) is 8.50. The third kappa shape index (κ3) is 2.68. The van der Waals surface area contributed by atoms with E-state index in [0.29, 0.717) is 17.1 Å². The minimum absolute atomic E-state index is 0.0732. The van der Waals surface area contributed by atoms with Gasteiger partial charge in [-0.25, -0.2) is 4.90 Å². The molecule has 1 saturated carbocycles. The lowest BCUT2D eigenvalue weighted by Crippen LogP contribution is -2.41. The quantitative estimate of drug-likeness (QED) is 0.781. The Hall–Kier alpha value is -1.39. The van der Waals surface area contributed by atoms with Crippen LogP contribution >= 0.6 is 11.6 Å². The summed E-state index contributed by atoms with van der Waals surface area (Å²) in [5.41, 5.74) is 0.628. The minimum atomic E-state index is -0.274. The molecule has 1 aliphatic carbocycles. The Kier molecular flexibility index (Phi) is 3.90. The second-order valence-electron chi connectivity index (χ2n) is 7.02. The van der Waals surface area contributed by atoms with E-state index in [0.717, 1.165) is 24.9 Å². The molecule has 1 aromatic rings. The lowest BCUT2D eigenvalue weighted by Gasteiger charge is -2.23. The average Bonchev–Trinajstić information content (AvgIpc) is 3.09. The molecule has 1 aromatic carbocycles. The maximum Gasteiger partial charge on any atom is 0.251 e. The number of amides is 2. The van der Waals surface area contributed by atoms with Gasteiger partial charge >= 0.3 is 0 Å². The zero-order chi connectivity index (χ0) is 16.0. The fourth-order valence-electron chi connectivity index (χ4n) is 4.46. The number of rotatable bonds is 2. The topological polar surface area (TPSA) is 40.6 Å². The summed E-state index contributed by atoms with van der Waals surface area (Å²) in [4.78, 5) is 28.8. The van der Waals surface area contributed by atoms with Crippen LogP contribution in [0.1, 0.15) is 32.1 Å². The van der Waals surface area contributed by atoms with Crippen LogP contribution in [0.4, 0.5) is 5.69 Å². The summed E-state index contributed by atoms with van der Waals surface area (Å²) in [6.07, 6.45) is 5.47. The second-order valence-corrected chi connectivity index (χ2v) is 7.46. The molecule has 5 heteroatoms. The number of halogens is 1. The van der Waals surface area contributed by atoms with Crippen molar-refractivity contribution >= 4 is 29.1 Å². The molecule has 0 radical (unpaired) electrons. The first-order chi connectivity index (χ1) is 11.1. The fraction of sp³-hybridized carbons (Fsp3) is 0.556. The molecule has 0 spiro atoms. The first-order valence-corrected chi connectivity index (χ1v) is 8.87. The monoisotopic (exact) mass is 332 g/mol. The second kappa shape index (κ2) is 5.91. The van der Waals surface area contributed by atoms with Crippen LogP contribution in [0.2, 0.25) is 5.02 Å². The Morgan fingerprint density at radius 3 is 2.17 bits per heavy atom. The molecule has 3 atom stereocenters. The van der Waals surface area contributed by atoms with Gasteiger partial charge in [0.15, 0.2) is 0 Å². The van der Waals surface area contributed by atoms with Crippen LogP contribution < -0.4 is 4.90 Å². The number of benzene rings is 1. The molecule has 2 saturated heterocycles. The van der Waals surface area contributed by atoms with E-state index in [4.69, 9.17) is 11.6 Å². The van der Waals surface area contributed by atoms with E-state index in [2.05, 4.69) is 4.90 Å². The number of hydrogen-bond donors (Lipinski definition) is 0. The van der Waals surface area contributed by atoms with E-state index in [-0.39, 0.29) is 17.9 Å². The van der Waals surface area contributed by atoms with Gasteiger partial charge in [0.25, 0.3) is 5.91 Å². The Bertz CT molecular complexity index is 616. The highest BCUT2D eigenvalue weighted by Crippen LogP contribution is 2.38. The van der Waals surface area contributed by atoms with E-state index >= 15 is 0 Å². The highest BCUT2D eigenvalue weighted by Gasteiger charge is 2.46. The molecule has 4 nitrogen and oxygen atoms in total. The number of carbonyl (C=O) groups excluding carboxylic acids is 2. The van der Waals surface area contributed by atoms with Crippen molar-refractivity contribution in [1.82, 2.24) is 4.90 Å². The summed E-state index contributed by atoms with van der Waals surface area (Å²) in [5.74, 6) is 1.26. The van der Waals surface area contributed by atoms with Gasteiger partial charge in [-0.05, 0) is 48.9 Å². The van der Waals surface area contributed by atoms with Gasteiger partial charge in [0, 0.05) is 18.1 Å². The Morgan fingerprint density at radius 1 is 0.957 bits per heavy atom. The average molecular weight is 333 g/mol. The minimum Gasteiger partial charge on any atom is -0.291 e. The summed E-state index contributed by atoms with van der Waals surface area (Å²) < 4.78 is 0. The third-order valence-electron chi connectivity index (χ3n) is 5.65. The molecule has 0 unspecified atom stereocenters. The summed E-state index contributed by atoms with van der Waals surface area (Å²) in [7, 11) is 0. The molecular formula is C18H21ClN2O2. The van der Waals surface area contributed by atoms with Gasteiger partial charge < -0.3 is 0 Å². The predicted molar refractivity (Wildman–Crippen MR) is 89.4 cm³/mol. The van der Waals surface area contributed by atoms with Crippen LogP contribution in [0, 0.1) is 11.8 Å². The van der Waals surface area contributed by atoms with Crippen LogP contribution in [-0.4, -0.2) is 35.8 Å². The lowest BCUT2D eigenvalue weighted by molar-refractivity contribution is -0.122. The Labute approximate surface area is 141 Å². The molecule has 0 aromatic heterocycles. The largest absolute Gasteiger partial charge is 0.291 e. The summed E-state index contributed by atoms with van der Waals surface area (Å²) in [6.45, 7) is 1.95. The molecule has 23 heavy (non-hydrogen) atoms. The van der Waals surface area contributed by atoms with Gasteiger partial charge in [-0.1, -0.05) is 24.4 Å². The van der Waals surface area contributed by atoms with Crippen molar-refractivity contribution in [3.8, 4) is 0 Å². The normalized spacial score (nSPS) is 31.7. The van der Waals surface area contributed by atoms with Gasteiger partial charge in [0.2, 0.25) is 5.91 Å². The molecule has 122 valence electrons. The maximum atomic E-state index is 12.8. The number of fused-ring (bicyclic) bond motifs is 1. The van der Waals surface area contributed by atoms with Crippen LogP contribution in [0.15, 0.2) is 24.3 Å². The number of imide groups is 1. The van der Waals surface area contributed by atoms with Crippen molar-refractivity contribution < 1.29 is 9.59 Å². The molecule has 2 amide bonds. The van der Waals surface area contributed by atoms with Gasteiger partial charge in [-0.2, -0.15) is 0 Å². The zero-order valence-electron chi connectivity index (χ0n) is 13.1. The van der Waals surface area contributed by atoms with Crippen LogP contribution in [0.5, 0.6) is 0 Å². The van der Waals surface area contributed by atoms with Gasteiger partial charge in [-0.15, -0.1) is 0 Å². The summed E-state index contributed by atoms with van der Waals surface area (Å²) >= 11 is 5.90. The number of nitrogens with zero attached hydrogens (tertiary/aromatic N) is 2. The molecule has 3 aliphatic rings. The third-order valence-corrected chi connectivity index (χ3v) is 5.90. The number of anilines is 1. The molecule has 2 heterocycles. The van der Waals surface area contributed by atoms with E-state index in [1.807, 2.05) is 0 Å². The predicted octanol–water partition coefficient (Wildman–Crippen LogP) is 3.09. The first kappa shape index (κ1) is 15.2. The van der Waals surface area contributed by atoms with Crippen molar-refractivity contribution in [1.29, 1.82) is 0 Å². The van der Waals surface area contributed by atoms with Crippen molar-refractivity contribution in [3.05, 3.63) is 29.3 Å². The molecule has 2 aliphatic heterocycles. The van der Waals surface area contributed by atoms with Crippen molar-refractivity contribution in [2.75, 3.05) is 18.0 Å². The number of hydrogen-bond acceptors (Lipinski definition) is 3. The molecule has 0 bridgehead atoms. The van der Waals surface area contributed by atoms with Crippen LogP contribution in [-0.2, 0) is 9.59 Å². The van der Waals surface area contributed by atoms with Gasteiger partial charge in [0.05, 0.1) is 18.2 Å². The Morgan fingerprint density at radius 2 is 1.57 bits per heavy atom. The molecule has 3 fully saturated rings. The van der Waals surface area contributed by atoms with E-state index < -0.39 is 0 Å². The fourth-order valence-corrected chi connectivity index (χ4v) is 4.59. The van der Waals surface area contributed by atoms with Crippen molar-refractivity contribution in [3.63, 3.8) is 0 Å². The Balaban J connectivity index is 1.52. The standard InChI is InChI=1S/C18H21ClN2O2/c19-14-5-7-15(8-6-14)21-17(22)9-16(18(21)23)20-10-12-3-1-2-4-13(12)11-20/h5-8,12-13,16H,1-4,9-11H2/t12-,13-,16-/m1/s1. The zero-order valence-corrected chi connectivity index (χ0v) is 13.8. The van der Waals surface area contributed by atoms with E-state index in [9.17, 15) is 9.59 Å². The smallest absolute Gasteiger partial charge is 0.251 e. The van der Waals surface area contributed by atoms with Gasteiger partial charge in [-0.3, -0.25) is 14.5 Å². The van der Waals surface area contributed by atoms with Crippen LogP contribution in [0.3, 0.4) is 0 Å². The molecular weight excluding hydrogens is 312 g/mol. The van der Waals surface area contributed by atoms with Crippen molar-refractivity contribution in [2.24, 2.45) is 11.8 Å². The molecule has 4 rings (SSSR count). The highest BCUT2D eigenvalue weighted by atomic mass is 35.5. The van der Waals surface area contributed by atoms with E-state index in [1.54, 1.807) is 24.3 Å². The van der Waals surface area contributed by atoms with Crippen molar-refractivity contribution in [2.45, 2.75) is 38.1 Å². The van der Waals surface area contributed by atoms with Gasteiger partial charge in [0.1, 0.15) is 0 Å². The number of likely N-dealkylation sites (tertiary alicyclic amines) is 1. The molecule has 0 N–H and O–H groups in total.